The molecule has 0 aromatic rings. The van der Waals surface area contributed by atoms with Gasteiger partial charge >= 0.3 is 0 Å². The zero-order valence-electron chi connectivity index (χ0n) is 14.2. The third-order valence-electron chi connectivity index (χ3n) is 6.04. The van der Waals surface area contributed by atoms with E-state index in [4.69, 9.17) is 0 Å². The minimum Gasteiger partial charge on any atom is -0.285 e. The summed E-state index contributed by atoms with van der Waals surface area (Å²) in [5, 5.41) is -0.441. The van der Waals surface area contributed by atoms with E-state index in [2.05, 4.69) is 6.92 Å². The Balaban J connectivity index is 1.50. The van der Waals surface area contributed by atoms with Crippen LogP contribution in [-0.2, 0) is 10.1 Å². The predicted octanol–water partition coefficient (Wildman–Crippen LogP) is 5.35. The Kier molecular flexibility index (Phi) is 6.75. The van der Waals surface area contributed by atoms with Crippen molar-refractivity contribution in [3.05, 3.63) is 0 Å². The van der Waals surface area contributed by atoms with Gasteiger partial charge in [-0.1, -0.05) is 64.7 Å². The highest BCUT2D eigenvalue weighted by atomic mass is 32.2. The zero-order valence-corrected chi connectivity index (χ0v) is 15.0. The SMILES string of the molecule is CCCCCCCCCCC1CCC2(CC1)CC2S(=O)(=O)O. The van der Waals surface area contributed by atoms with Crippen molar-refractivity contribution in [2.75, 3.05) is 0 Å². The highest BCUT2D eigenvalue weighted by Gasteiger charge is 2.61. The second-order valence-electron chi connectivity index (χ2n) is 7.78. The van der Waals surface area contributed by atoms with Crippen LogP contribution in [0.2, 0.25) is 0 Å². The molecule has 0 aromatic heterocycles. The van der Waals surface area contributed by atoms with Gasteiger partial charge in [-0.15, -0.1) is 0 Å². The molecule has 2 rings (SSSR count). The van der Waals surface area contributed by atoms with E-state index < -0.39 is 15.4 Å². The fraction of sp³-hybridized carbons (Fsp3) is 1.00. The second kappa shape index (κ2) is 8.14. The summed E-state index contributed by atoms with van der Waals surface area (Å²) in [6.45, 7) is 2.26. The van der Waals surface area contributed by atoms with E-state index in [0.717, 1.165) is 18.8 Å². The van der Waals surface area contributed by atoms with Crippen molar-refractivity contribution in [1.82, 2.24) is 0 Å². The van der Waals surface area contributed by atoms with Gasteiger partial charge in [0.1, 0.15) is 0 Å². The summed E-state index contributed by atoms with van der Waals surface area (Å²) in [7, 11) is -3.79. The topological polar surface area (TPSA) is 54.4 Å². The van der Waals surface area contributed by atoms with Gasteiger partial charge in [-0.3, -0.25) is 4.55 Å². The van der Waals surface area contributed by atoms with Crippen LogP contribution in [0.1, 0.15) is 96.8 Å². The highest BCUT2D eigenvalue weighted by molar-refractivity contribution is 7.86. The molecule has 0 bridgehead atoms. The summed E-state index contributed by atoms with van der Waals surface area (Å²) in [5.74, 6) is 0.799. The molecule has 1 spiro atoms. The van der Waals surface area contributed by atoms with Crippen LogP contribution in [0.4, 0.5) is 0 Å². The summed E-state index contributed by atoms with van der Waals surface area (Å²) in [5.41, 5.74) is -0.0383. The van der Waals surface area contributed by atoms with E-state index in [1.54, 1.807) is 0 Å². The van der Waals surface area contributed by atoms with Crippen LogP contribution in [0.5, 0.6) is 0 Å². The molecule has 2 aliphatic rings. The standard InChI is InChI=1S/C18H34O3S/c1-2-3-4-5-6-7-8-9-10-16-11-13-18(14-12-16)15-17(18)22(19,20)21/h16-17H,2-15H2,1H3,(H,19,20,21). The fourth-order valence-corrected chi connectivity index (χ4v) is 5.78. The third-order valence-corrected chi connectivity index (χ3v) is 7.43. The van der Waals surface area contributed by atoms with Gasteiger partial charge in [-0.25, -0.2) is 0 Å². The summed E-state index contributed by atoms with van der Waals surface area (Å²) in [6, 6.07) is 0. The van der Waals surface area contributed by atoms with E-state index in [0.29, 0.717) is 6.42 Å². The van der Waals surface area contributed by atoms with Crippen molar-refractivity contribution >= 4 is 10.1 Å². The third kappa shape index (κ3) is 5.23. The maximum atomic E-state index is 11.2. The summed E-state index contributed by atoms with van der Waals surface area (Å²) in [6.07, 6.45) is 17.4. The molecule has 0 aliphatic heterocycles. The number of hydrogen-bond donors (Lipinski definition) is 1. The van der Waals surface area contributed by atoms with Gasteiger partial charge in [0.15, 0.2) is 0 Å². The lowest BCUT2D eigenvalue weighted by molar-refractivity contribution is 0.241. The van der Waals surface area contributed by atoms with Crippen molar-refractivity contribution in [2.45, 2.75) is 102 Å². The van der Waals surface area contributed by atoms with Gasteiger partial charge < -0.3 is 0 Å². The number of hydrogen-bond acceptors (Lipinski definition) is 2. The largest absolute Gasteiger partial charge is 0.285 e. The lowest BCUT2D eigenvalue weighted by Gasteiger charge is -2.29. The highest BCUT2D eigenvalue weighted by Crippen LogP contribution is 2.60. The Labute approximate surface area is 137 Å². The molecule has 0 saturated heterocycles. The molecule has 0 radical (unpaired) electrons. The van der Waals surface area contributed by atoms with Gasteiger partial charge in [0, 0.05) is 0 Å². The van der Waals surface area contributed by atoms with Gasteiger partial charge in [-0.2, -0.15) is 8.42 Å². The lowest BCUT2D eigenvalue weighted by Crippen LogP contribution is -2.21. The molecule has 22 heavy (non-hydrogen) atoms. The van der Waals surface area contributed by atoms with Crippen LogP contribution in [0.25, 0.3) is 0 Å². The number of unbranched alkanes of at least 4 members (excludes halogenated alkanes) is 7. The maximum Gasteiger partial charge on any atom is 0.268 e. The monoisotopic (exact) mass is 330 g/mol. The molecule has 2 fully saturated rings. The Morgan fingerprint density at radius 1 is 0.955 bits per heavy atom. The van der Waals surface area contributed by atoms with Crippen LogP contribution in [0.15, 0.2) is 0 Å². The van der Waals surface area contributed by atoms with Crippen LogP contribution in [-0.4, -0.2) is 18.2 Å². The molecular formula is C18H34O3S. The zero-order chi connectivity index (χ0) is 16.1. The van der Waals surface area contributed by atoms with Crippen molar-refractivity contribution in [1.29, 1.82) is 0 Å². The minimum absolute atomic E-state index is 0.0383. The first kappa shape index (κ1) is 18.3. The Bertz CT molecular complexity index is 422. The molecule has 130 valence electrons. The molecule has 1 N–H and O–H groups in total. The van der Waals surface area contributed by atoms with E-state index in [9.17, 15) is 13.0 Å². The second-order valence-corrected chi connectivity index (χ2v) is 9.38. The molecule has 0 aromatic carbocycles. The van der Waals surface area contributed by atoms with Crippen molar-refractivity contribution in [3.63, 3.8) is 0 Å². The van der Waals surface area contributed by atoms with Gasteiger partial charge in [0.25, 0.3) is 10.1 Å². The van der Waals surface area contributed by atoms with Crippen LogP contribution < -0.4 is 0 Å². The Morgan fingerprint density at radius 3 is 2.00 bits per heavy atom. The Morgan fingerprint density at radius 2 is 1.50 bits per heavy atom. The first-order valence-electron chi connectivity index (χ1n) is 9.44. The van der Waals surface area contributed by atoms with Crippen molar-refractivity contribution in [2.24, 2.45) is 11.3 Å². The summed E-state index contributed by atoms with van der Waals surface area (Å²) in [4.78, 5) is 0. The maximum absolute atomic E-state index is 11.2. The summed E-state index contributed by atoms with van der Waals surface area (Å²) < 4.78 is 31.7. The van der Waals surface area contributed by atoms with E-state index >= 15 is 0 Å². The van der Waals surface area contributed by atoms with Crippen molar-refractivity contribution < 1.29 is 13.0 Å². The molecule has 2 saturated carbocycles. The van der Waals surface area contributed by atoms with Crippen LogP contribution >= 0.6 is 0 Å². The van der Waals surface area contributed by atoms with Gasteiger partial charge in [0.05, 0.1) is 5.25 Å². The predicted molar refractivity (Wildman–Crippen MR) is 91.6 cm³/mol. The van der Waals surface area contributed by atoms with E-state index in [-0.39, 0.29) is 5.41 Å². The quantitative estimate of drug-likeness (QED) is 0.433. The molecule has 4 heteroatoms. The summed E-state index contributed by atoms with van der Waals surface area (Å²) >= 11 is 0. The van der Waals surface area contributed by atoms with Crippen LogP contribution in [0.3, 0.4) is 0 Å². The lowest BCUT2D eigenvalue weighted by atomic mass is 9.78. The molecule has 1 unspecified atom stereocenters. The fourth-order valence-electron chi connectivity index (χ4n) is 4.37. The van der Waals surface area contributed by atoms with Crippen LogP contribution in [0, 0.1) is 11.3 Å². The van der Waals surface area contributed by atoms with Crippen molar-refractivity contribution in [3.8, 4) is 0 Å². The molecule has 2 aliphatic carbocycles. The average Bonchev–Trinajstić information content (AvgIpc) is 3.18. The van der Waals surface area contributed by atoms with Gasteiger partial charge in [0.2, 0.25) is 0 Å². The first-order valence-corrected chi connectivity index (χ1v) is 10.9. The molecule has 3 nitrogen and oxygen atoms in total. The normalized spacial score (nSPS) is 31.5. The van der Waals surface area contributed by atoms with Gasteiger partial charge in [-0.05, 0) is 43.4 Å². The molecule has 0 amide bonds. The number of rotatable bonds is 10. The minimum atomic E-state index is -3.79. The first-order chi connectivity index (χ1) is 10.5. The molecular weight excluding hydrogens is 296 g/mol. The smallest absolute Gasteiger partial charge is 0.268 e. The average molecular weight is 331 g/mol. The Hall–Kier alpha value is -0.0900. The molecule has 0 heterocycles. The van der Waals surface area contributed by atoms with E-state index in [1.165, 1.54) is 70.6 Å². The molecule has 1 atom stereocenters. The van der Waals surface area contributed by atoms with E-state index in [1.807, 2.05) is 0 Å².